The monoisotopic (exact) mass is 241 g/mol. The molecule has 2 fully saturated rings. The summed E-state index contributed by atoms with van der Waals surface area (Å²) >= 11 is 0. The Bertz CT molecular complexity index is 231. The zero-order chi connectivity index (χ0) is 12.4. The Kier molecular flexibility index (Phi) is 4.42. The van der Waals surface area contributed by atoms with Crippen LogP contribution in [0.2, 0.25) is 0 Å². The van der Waals surface area contributed by atoms with Crippen molar-refractivity contribution in [3.8, 4) is 0 Å². The van der Waals surface area contributed by atoms with E-state index in [-0.39, 0.29) is 0 Å². The molecule has 0 aromatic rings. The number of nitrogens with zero attached hydrogens (tertiary/aromatic N) is 2. The van der Waals surface area contributed by atoms with Crippen molar-refractivity contribution < 1.29 is 4.74 Å². The fraction of sp³-hybridized carbons (Fsp3) is 1.00. The lowest BCUT2D eigenvalue weighted by molar-refractivity contribution is -0.0204. The molecule has 2 aliphatic rings. The SMILES string of the molecule is CC1CN(C(CN)C2CCCO2)CC(C)N1C. The highest BCUT2D eigenvalue weighted by atomic mass is 16.5. The molecule has 0 saturated carbocycles. The number of ether oxygens (including phenoxy) is 1. The normalized spacial score (nSPS) is 38.5. The maximum absolute atomic E-state index is 5.97. The second kappa shape index (κ2) is 5.65. The molecule has 4 unspecified atom stereocenters. The standard InChI is InChI=1S/C13H27N3O/c1-10-8-16(9-11(2)15(10)3)12(7-14)13-5-4-6-17-13/h10-13H,4-9,14H2,1-3H3. The second-order valence-electron chi connectivity index (χ2n) is 5.67. The average Bonchev–Trinajstić information content (AvgIpc) is 2.80. The highest BCUT2D eigenvalue weighted by molar-refractivity contribution is 4.91. The van der Waals surface area contributed by atoms with Crippen LogP contribution in [0.15, 0.2) is 0 Å². The third-order valence-corrected chi connectivity index (χ3v) is 4.49. The molecule has 2 aliphatic heterocycles. The zero-order valence-electron chi connectivity index (χ0n) is 11.4. The van der Waals surface area contributed by atoms with Crippen LogP contribution in [0.4, 0.5) is 0 Å². The minimum absolute atomic E-state index is 0.364. The van der Waals surface area contributed by atoms with E-state index in [0.717, 1.165) is 19.7 Å². The number of rotatable bonds is 3. The highest BCUT2D eigenvalue weighted by Crippen LogP contribution is 2.23. The van der Waals surface area contributed by atoms with Crippen molar-refractivity contribution in [2.45, 2.75) is 50.9 Å². The van der Waals surface area contributed by atoms with Crippen molar-refractivity contribution >= 4 is 0 Å². The molecule has 2 rings (SSSR count). The van der Waals surface area contributed by atoms with E-state index in [0.29, 0.717) is 30.8 Å². The third-order valence-electron chi connectivity index (χ3n) is 4.49. The van der Waals surface area contributed by atoms with E-state index in [1.807, 2.05) is 0 Å². The first-order valence-corrected chi connectivity index (χ1v) is 6.91. The van der Waals surface area contributed by atoms with Gasteiger partial charge in [-0.05, 0) is 33.7 Å². The Morgan fingerprint density at radius 2 is 1.94 bits per heavy atom. The van der Waals surface area contributed by atoms with E-state index in [4.69, 9.17) is 10.5 Å². The lowest BCUT2D eigenvalue weighted by Crippen LogP contribution is -2.61. The van der Waals surface area contributed by atoms with Gasteiger partial charge in [-0.2, -0.15) is 0 Å². The van der Waals surface area contributed by atoms with Crippen molar-refractivity contribution in [2.75, 3.05) is 33.3 Å². The Hall–Kier alpha value is -0.160. The molecule has 0 aromatic heterocycles. The Balaban J connectivity index is 1.99. The molecular formula is C13H27N3O. The van der Waals surface area contributed by atoms with Gasteiger partial charge in [0, 0.05) is 44.4 Å². The maximum atomic E-state index is 5.97. The maximum Gasteiger partial charge on any atom is 0.0743 e. The van der Waals surface area contributed by atoms with Gasteiger partial charge >= 0.3 is 0 Å². The predicted octanol–water partition coefficient (Wildman–Crippen LogP) is 0.517. The van der Waals surface area contributed by atoms with E-state index >= 15 is 0 Å². The summed E-state index contributed by atoms with van der Waals surface area (Å²) in [6.45, 7) is 8.45. The number of nitrogens with two attached hydrogens (primary N) is 1. The topological polar surface area (TPSA) is 41.7 Å². The van der Waals surface area contributed by atoms with Gasteiger partial charge in [-0.25, -0.2) is 0 Å². The zero-order valence-corrected chi connectivity index (χ0v) is 11.4. The summed E-state index contributed by atoms with van der Waals surface area (Å²) in [7, 11) is 2.22. The molecule has 100 valence electrons. The van der Waals surface area contributed by atoms with Crippen molar-refractivity contribution in [1.29, 1.82) is 0 Å². The Morgan fingerprint density at radius 1 is 1.29 bits per heavy atom. The summed E-state index contributed by atoms with van der Waals surface area (Å²) in [6, 6.07) is 1.62. The van der Waals surface area contributed by atoms with E-state index in [1.165, 1.54) is 12.8 Å². The van der Waals surface area contributed by atoms with Gasteiger partial charge in [0.2, 0.25) is 0 Å². The van der Waals surface area contributed by atoms with E-state index in [1.54, 1.807) is 0 Å². The molecule has 0 radical (unpaired) electrons. The van der Waals surface area contributed by atoms with Crippen molar-refractivity contribution in [1.82, 2.24) is 9.80 Å². The fourth-order valence-corrected chi connectivity index (χ4v) is 3.16. The molecule has 0 aliphatic carbocycles. The molecular weight excluding hydrogens is 214 g/mol. The van der Waals surface area contributed by atoms with E-state index < -0.39 is 0 Å². The molecule has 4 atom stereocenters. The van der Waals surface area contributed by atoms with Gasteiger partial charge < -0.3 is 10.5 Å². The fourth-order valence-electron chi connectivity index (χ4n) is 3.16. The van der Waals surface area contributed by atoms with Crippen LogP contribution in [0.5, 0.6) is 0 Å². The van der Waals surface area contributed by atoms with Crippen LogP contribution in [0.1, 0.15) is 26.7 Å². The van der Waals surface area contributed by atoms with Gasteiger partial charge in [-0.3, -0.25) is 9.80 Å². The number of piperazine rings is 1. The molecule has 0 aromatic carbocycles. The largest absolute Gasteiger partial charge is 0.377 e. The third kappa shape index (κ3) is 2.81. The highest BCUT2D eigenvalue weighted by Gasteiger charge is 2.35. The van der Waals surface area contributed by atoms with E-state index in [9.17, 15) is 0 Å². The van der Waals surface area contributed by atoms with Gasteiger partial charge in [0.25, 0.3) is 0 Å². The molecule has 0 spiro atoms. The lowest BCUT2D eigenvalue weighted by Gasteiger charge is -2.46. The smallest absolute Gasteiger partial charge is 0.0743 e. The summed E-state index contributed by atoms with van der Waals surface area (Å²) in [4.78, 5) is 5.00. The number of hydrogen-bond donors (Lipinski definition) is 1. The lowest BCUT2D eigenvalue weighted by atomic mass is 10.0. The summed E-state index contributed by atoms with van der Waals surface area (Å²) in [5.41, 5.74) is 5.97. The average molecular weight is 241 g/mol. The first-order valence-electron chi connectivity index (χ1n) is 6.91. The first-order chi connectivity index (χ1) is 8.13. The van der Waals surface area contributed by atoms with Crippen LogP contribution in [0.25, 0.3) is 0 Å². The van der Waals surface area contributed by atoms with Crippen LogP contribution >= 0.6 is 0 Å². The summed E-state index contributed by atoms with van der Waals surface area (Å²) in [5, 5.41) is 0. The molecule has 0 amide bonds. The van der Waals surface area contributed by atoms with Crippen molar-refractivity contribution in [3.63, 3.8) is 0 Å². The molecule has 4 heteroatoms. The van der Waals surface area contributed by atoms with Gasteiger partial charge in [0.15, 0.2) is 0 Å². The predicted molar refractivity (Wildman–Crippen MR) is 70.1 cm³/mol. The summed E-state index contributed by atoms with van der Waals surface area (Å²) < 4.78 is 5.82. The van der Waals surface area contributed by atoms with Crippen molar-refractivity contribution in [2.24, 2.45) is 5.73 Å². The van der Waals surface area contributed by atoms with Gasteiger partial charge in [0.05, 0.1) is 6.10 Å². The number of hydrogen-bond acceptors (Lipinski definition) is 4. The van der Waals surface area contributed by atoms with Crippen LogP contribution in [-0.4, -0.2) is 67.3 Å². The van der Waals surface area contributed by atoms with Crippen molar-refractivity contribution in [3.05, 3.63) is 0 Å². The van der Waals surface area contributed by atoms with Gasteiger partial charge in [0.1, 0.15) is 0 Å². The van der Waals surface area contributed by atoms with Gasteiger partial charge in [-0.15, -0.1) is 0 Å². The molecule has 2 N–H and O–H groups in total. The first kappa shape index (κ1) is 13.3. The second-order valence-corrected chi connectivity index (χ2v) is 5.67. The minimum Gasteiger partial charge on any atom is -0.377 e. The summed E-state index contributed by atoms with van der Waals surface area (Å²) in [6.07, 6.45) is 2.74. The Morgan fingerprint density at radius 3 is 2.41 bits per heavy atom. The number of likely N-dealkylation sites (N-methyl/N-ethyl adjacent to an activating group) is 1. The van der Waals surface area contributed by atoms with E-state index in [2.05, 4.69) is 30.7 Å². The molecule has 2 heterocycles. The molecule has 17 heavy (non-hydrogen) atoms. The van der Waals surface area contributed by atoms with Crippen LogP contribution < -0.4 is 5.73 Å². The van der Waals surface area contributed by atoms with Crippen LogP contribution in [0, 0.1) is 0 Å². The quantitative estimate of drug-likeness (QED) is 0.782. The Labute approximate surface area is 105 Å². The minimum atomic E-state index is 0.364. The molecule has 0 bridgehead atoms. The van der Waals surface area contributed by atoms with Crippen LogP contribution in [0.3, 0.4) is 0 Å². The van der Waals surface area contributed by atoms with Crippen LogP contribution in [-0.2, 0) is 4.74 Å². The summed E-state index contributed by atoms with van der Waals surface area (Å²) in [5.74, 6) is 0. The molecule has 2 saturated heterocycles. The van der Waals surface area contributed by atoms with Gasteiger partial charge in [-0.1, -0.05) is 0 Å². The molecule has 4 nitrogen and oxygen atoms in total.